The summed E-state index contributed by atoms with van der Waals surface area (Å²) in [5.41, 5.74) is 2.03. The Hall–Kier alpha value is -2.27. The molecule has 0 radical (unpaired) electrons. The van der Waals surface area contributed by atoms with E-state index in [1.54, 1.807) is 6.07 Å². The average Bonchev–Trinajstić information content (AvgIpc) is 2.95. The molecule has 4 nitrogen and oxygen atoms in total. The molecule has 1 aliphatic heterocycles. The zero-order valence-electron chi connectivity index (χ0n) is 12.6. The summed E-state index contributed by atoms with van der Waals surface area (Å²) in [7, 11) is 3.45. The first-order valence-corrected chi connectivity index (χ1v) is 7.05. The van der Waals surface area contributed by atoms with Crippen LogP contribution in [0.2, 0.25) is 0 Å². The largest absolute Gasteiger partial charge is 0.494 e. The van der Waals surface area contributed by atoms with Gasteiger partial charge in [-0.1, -0.05) is 12.1 Å². The molecule has 116 valence electrons. The fraction of sp³-hybridized carbons (Fsp3) is 0.294. The van der Waals surface area contributed by atoms with Gasteiger partial charge in [0.2, 0.25) is 6.79 Å². The van der Waals surface area contributed by atoms with Crippen LogP contribution in [0.1, 0.15) is 11.1 Å². The third-order valence-electron chi connectivity index (χ3n) is 3.56. The van der Waals surface area contributed by atoms with E-state index in [0.717, 1.165) is 29.2 Å². The zero-order chi connectivity index (χ0) is 15.5. The van der Waals surface area contributed by atoms with Crippen molar-refractivity contribution in [3.05, 3.63) is 53.3 Å². The first-order valence-electron chi connectivity index (χ1n) is 7.05. The molecule has 3 rings (SSSR count). The van der Waals surface area contributed by atoms with Gasteiger partial charge in [0.15, 0.2) is 23.1 Å². The van der Waals surface area contributed by atoms with Crippen molar-refractivity contribution in [3.8, 4) is 17.2 Å². The van der Waals surface area contributed by atoms with Crippen LogP contribution in [0.5, 0.6) is 17.2 Å². The molecule has 0 aromatic heterocycles. The number of ether oxygens (including phenoxy) is 3. The minimum atomic E-state index is -0.337. The Kier molecular flexibility index (Phi) is 4.15. The summed E-state index contributed by atoms with van der Waals surface area (Å²) in [5, 5.41) is 0. The molecule has 0 spiro atoms. The molecule has 0 aliphatic carbocycles. The van der Waals surface area contributed by atoms with Crippen molar-refractivity contribution in [3.63, 3.8) is 0 Å². The van der Waals surface area contributed by atoms with Gasteiger partial charge in [0, 0.05) is 13.1 Å². The van der Waals surface area contributed by atoms with Crippen molar-refractivity contribution >= 4 is 0 Å². The van der Waals surface area contributed by atoms with Crippen LogP contribution in [-0.2, 0) is 13.1 Å². The van der Waals surface area contributed by atoms with E-state index in [0.29, 0.717) is 6.54 Å². The Labute approximate surface area is 129 Å². The molecule has 2 aromatic carbocycles. The second-order valence-corrected chi connectivity index (χ2v) is 5.33. The van der Waals surface area contributed by atoms with Gasteiger partial charge in [0.05, 0.1) is 7.11 Å². The summed E-state index contributed by atoms with van der Waals surface area (Å²) in [6.45, 7) is 1.67. The molecule has 0 N–H and O–H groups in total. The minimum absolute atomic E-state index is 0.266. The molecular formula is C17H18FNO3. The predicted molar refractivity (Wildman–Crippen MR) is 80.7 cm³/mol. The van der Waals surface area contributed by atoms with E-state index < -0.39 is 0 Å². The molecule has 1 aliphatic rings. The minimum Gasteiger partial charge on any atom is -0.494 e. The first kappa shape index (κ1) is 14.7. The van der Waals surface area contributed by atoms with Crippen LogP contribution in [0.25, 0.3) is 0 Å². The first-order chi connectivity index (χ1) is 10.7. The summed E-state index contributed by atoms with van der Waals surface area (Å²) < 4.78 is 29.3. The van der Waals surface area contributed by atoms with Crippen molar-refractivity contribution in [1.82, 2.24) is 4.90 Å². The van der Waals surface area contributed by atoms with E-state index in [9.17, 15) is 4.39 Å². The second-order valence-electron chi connectivity index (χ2n) is 5.33. The summed E-state index contributed by atoms with van der Waals surface area (Å²) in [4.78, 5) is 2.11. The van der Waals surface area contributed by atoms with E-state index >= 15 is 0 Å². The standard InChI is InChI=1S/C17H18FNO3/c1-19(9-12-3-5-15(20-2)14(18)7-12)10-13-4-6-16-17(8-13)22-11-21-16/h3-8H,9-11H2,1-2H3. The topological polar surface area (TPSA) is 30.9 Å². The lowest BCUT2D eigenvalue weighted by atomic mass is 10.1. The number of hydrogen-bond donors (Lipinski definition) is 0. The smallest absolute Gasteiger partial charge is 0.231 e. The van der Waals surface area contributed by atoms with Crippen LogP contribution in [0.3, 0.4) is 0 Å². The maximum absolute atomic E-state index is 13.7. The van der Waals surface area contributed by atoms with Crippen molar-refractivity contribution < 1.29 is 18.6 Å². The molecule has 5 heteroatoms. The third-order valence-corrected chi connectivity index (χ3v) is 3.56. The highest BCUT2D eigenvalue weighted by atomic mass is 19.1. The van der Waals surface area contributed by atoms with Gasteiger partial charge in [0.25, 0.3) is 0 Å². The van der Waals surface area contributed by atoms with Crippen LogP contribution < -0.4 is 14.2 Å². The average molecular weight is 303 g/mol. The zero-order valence-corrected chi connectivity index (χ0v) is 12.6. The molecule has 0 saturated heterocycles. The van der Waals surface area contributed by atoms with Gasteiger partial charge >= 0.3 is 0 Å². The van der Waals surface area contributed by atoms with Gasteiger partial charge in [-0.3, -0.25) is 4.90 Å². The van der Waals surface area contributed by atoms with Crippen molar-refractivity contribution in [1.29, 1.82) is 0 Å². The normalized spacial score (nSPS) is 12.7. The van der Waals surface area contributed by atoms with Crippen LogP contribution in [0.15, 0.2) is 36.4 Å². The number of fused-ring (bicyclic) bond motifs is 1. The SMILES string of the molecule is COc1ccc(CN(C)Cc2ccc3c(c2)OCO3)cc1F. The van der Waals surface area contributed by atoms with Gasteiger partial charge in [-0.15, -0.1) is 0 Å². The summed E-state index contributed by atoms with van der Waals surface area (Å²) in [6, 6.07) is 10.9. The van der Waals surface area contributed by atoms with Crippen molar-refractivity contribution in [2.75, 3.05) is 21.0 Å². The van der Waals surface area contributed by atoms with Crippen LogP contribution in [0, 0.1) is 5.82 Å². The number of benzene rings is 2. The van der Waals surface area contributed by atoms with Gasteiger partial charge in [-0.25, -0.2) is 4.39 Å². The Balaban J connectivity index is 1.65. The molecule has 2 aromatic rings. The van der Waals surface area contributed by atoms with E-state index in [1.165, 1.54) is 13.2 Å². The highest BCUT2D eigenvalue weighted by Crippen LogP contribution is 2.32. The number of nitrogens with zero attached hydrogens (tertiary/aromatic N) is 1. The molecule has 0 bridgehead atoms. The van der Waals surface area contributed by atoms with E-state index in [-0.39, 0.29) is 18.4 Å². The number of rotatable bonds is 5. The molecule has 22 heavy (non-hydrogen) atoms. The van der Waals surface area contributed by atoms with E-state index in [4.69, 9.17) is 14.2 Å². The van der Waals surface area contributed by atoms with Gasteiger partial charge in [0.1, 0.15) is 0 Å². The van der Waals surface area contributed by atoms with Gasteiger partial charge in [-0.2, -0.15) is 0 Å². The fourth-order valence-electron chi connectivity index (χ4n) is 2.53. The van der Waals surface area contributed by atoms with Crippen LogP contribution in [0.4, 0.5) is 4.39 Å². The second kappa shape index (κ2) is 6.23. The lowest BCUT2D eigenvalue weighted by molar-refractivity contribution is 0.174. The Morgan fingerprint density at radius 2 is 1.73 bits per heavy atom. The van der Waals surface area contributed by atoms with E-state index in [1.807, 2.05) is 31.3 Å². The summed E-state index contributed by atoms with van der Waals surface area (Å²) >= 11 is 0. The van der Waals surface area contributed by atoms with Gasteiger partial charge < -0.3 is 14.2 Å². The maximum atomic E-state index is 13.7. The fourth-order valence-corrected chi connectivity index (χ4v) is 2.53. The monoisotopic (exact) mass is 303 g/mol. The highest BCUT2D eigenvalue weighted by molar-refractivity contribution is 5.44. The molecule has 0 unspecified atom stereocenters. The van der Waals surface area contributed by atoms with Gasteiger partial charge in [-0.05, 0) is 42.4 Å². The lowest BCUT2D eigenvalue weighted by Crippen LogP contribution is -2.17. The van der Waals surface area contributed by atoms with E-state index in [2.05, 4.69) is 4.90 Å². The molecule has 0 atom stereocenters. The molecular weight excluding hydrogens is 285 g/mol. The Morgan fingerprint density at radius 3 is 2.45 bits per heavy atom. The predicted octanol–water partition coefficient (Wildman–Crippen LogP) is 3.20. The third kappa shape index (κ3) is 3.14. The molecule has 1 heterocycles. The quantitative estimate of drug-likeness (QED) is 0.849. The van der Waals surface area contributed by atoms with Crippen molar-refractivity contribution in [2.24, 2.45) is 0 Å². The molecule has 0 saturated carbocycles. The maximum Gasteiger partial charge on any atom is 0.231 e. The highest BCUT2D eigenvalue weighted by Gasteiger charge is 2.14. The lowest BCUT2D eigenvalue weighted by Gasteiger charge is -2.17. The van der Waals surface area contributed by atoms with Crippen LogP contribution >= 0.6 is 0 Å². The molecule has 0 amide bonds. The van der Waals surface area contributed by atoms with Crippen LogP contribution in [-0.4, -0.2) is 25.9 Å². The Morgan fingerprint density at radius 1 is 1.05 bits per heavy atom. The number of hydrogen-bond acceptors (Lipinski definition) is 4. The summed E-state index contributed by atoms with van der Waals surface area (Å²) in [5.74, 6) is 1.49. The van der Waals surface area contributed by atoms with Crippen molar-refractivity contribution in [2.45, 2.75) is 13.1 Å². The number of halogens is 1. The number of methoxy groups -OCH3 is 1. The summed E-state index contributed by atoms with van der Waals surface area (Å²) in [6.07, 6.45) is 0. The Bertz CT molecular complexity index is 675. The molecule has 0 fully saturated rings.